The number of methoxy groups -OCH3 is 1. The van der Waals surface area contributed by atoms with Crippen LogP contribution in [0.4, 0.5) is 30.2 Å². The van der Waals surface area contributed by atoms with Gasteiger partial charge in [-0.25, -0.2) is 0 Å². The van der Waals surface area contributed by atoms with Gasteiger partial charge in [0.2, 0.25) is 0 Å². The van der Waals surface area contributed by atoms with E-state index in [-0.39, 0.29) is 22.8 Å². The van der Waals surface area contributed by atoms with Gasteiger partial charge < -0.3 is 15.4 Å². The quantitative estimate of drug-likeness (QED) is 0.446. The predicted molar refractivity (Wildman–Crippen MR) is 93.4 cm³/mol. The summed E-state index contributed by atoms with van der Waals surface area (Å²) >= 11 is 5.48. The third-order valence-corrected chi connectivity index (χ3v) is 3.71. The minimum atomic E-state index is -4.74. The van der Waals surface area contributed by atoms with Crippen molar-refractivity contribution in [1.82, 2.24) is 0 Å². The molecule has 0 aliphatic carbocycles. The number of hydrogen-bond acceptors (Lipinski definition) is 5. The van der Waals surface area contributed by atoms with E-state index in [2.05, 4.69) is 5.32 Å². The van der Waals surface area contributed by atoms with Crippen LogP contribution in [-0.4, -0.2) is 23.8 Å². The van der Waals surface area contributed by atoms with E-state index in [0.29, 0.717) is 6.07 Å². The van der Waals surface area contributed by atoms with E-state index in [1.54, 1.807) is 0 Å². The molecule has 2 N–H and O–H groups in total. The molecule has 2 aromatic carbocycles. The molecule has 0 aliphatic heterocycles. The zero-order chi connectivity index (χ0) is 21.1. The number of halogens is 4. The number of carbonyl (C=O) groups is 2. The lowest BCUT2D eigenvalue weighted by Gasteiger charge is -2.12. The van der Waals surface area contributed by atoms with Gasteiger partial charge in [-0.15, -0.1) is 0 Å². The SMILES string of the molecule is COc1cc([N+](=O)[O-])ccc1NC(=O)C(=O)Nc1ccc(Cl)c(C(F)(F)F)c1. The summed E-state index contributed by atoms with van der Waals surface area (Å²) < 4.78 is 43.5. The fraction of sp³-hybridized carbons (Fsp3) is 0.125. The molecule has 0 fully saturated rings. The van der Waals surface area contributed by atoms with Gasteiger partial charge in [-0.1, -0.05) is 11.6 Å². The van der Waals surface area contributed by atoms with E-state index in [4.69, 9.17) is 16.3 Å². The normalized spacial score (nSPS) is 10.9. The molecule has 0 aromatic heterocycles. The van der Waals surface area contributed by atoms with Crippen molar-refractivity contribution in [2.75, 3.05) is 17.7 Å². The third kappa shape index (κ3) is 4.88. The predicted octanol–water partition coefficient (Wildman–Crippen LogP) is 3.85. The number of nitro benzene ring substituents is 1. The van der Waals surface area contributed by atoms with Crippen LogP contribution in [0.2, 0.25) is 5.02 Å². The Balaban J connectivity index is 2.16. The summed E-state index contributed by atoms with van der Waals surface area (Å²) in [5, 5.41) is 14.3. The number of non-ortho nitro benzene ring substituents is 1. The van der Waals surface area contributed by atoms with Crippen molar-refractivity contribution in [3.05, 3.63) is 57.1 Å². The van der Waals surface area contributed by atoms with E-state index in [1.807, 2.05) is 5.32 Å². The highest BCUT2D eigenvalue weighted by Crippen LogP contribution is 2.36. The number of nitro groups is 1. The second-order valence-corrected chi connectivity index (χ2v) is 5.65. The maximum atomic E-state index is 12.8. The summed E-state index contributed by atoms with van der Waals surface area (Å²) in [6.45, 7) is 0. The third-order valence-electron chi connectivity index (χ3n) is 3.38. The number of rotatable bonds is 4. The van der Waals surface area contributed by atoms with E-state index in [9.17, 15) is 32.9 Å². The average molecular weight is 418 g/mol. The minimum Gasteiger partial charge on any atom is -0.494 e. The average Bonchev–Trinajstić information content (AvgIpc) is 2.62. The van der Waals surface area contributed by atoms with Crippen LogP contribution in [-0.2, 0) is 15.8 Å². The lowest BCUT2D eigenvalue weighted by atomic mass is 10.2. The highest BCUT2D eigenvalue weighted by Gasteiger charge is 2.33. The summed E-state index contributed by atoms with van der Waals surface area (Å²) in [7, 11) is 1.20. The molecule has 0 aliphatic rings. The smallest absolute Gasteiger partial charge is 0.417 e. The molecule has 0 spiro atoms. The first-order valence-electron chi connectivity index (χ1n) is 7.34. The maximum Gasteiger partial charge on any atom is 0.417 e. The summed E-state index contributed by atoms with van der Waals surface area (Å²) in [4.78, 5) is 34.0. The van der Waals surface area contributed by atoms with Crippen LogP contribution in [0.25, 0.3) is 0 Å². The monoisotopic (exact) mass is 417 g/mol. The Labute approximate surface area is 160 Å². The van der Waals surface area contributed by atoms with Gasteiger partial charge in [-0.05, 0) is 24.3 Å². The van der Waals surface area contributed by atoms with E-state index in [0.717, 1.165) is 30.3 Å². The Morgan fingerprint density at radius 1 is 1.11 bits per heavy atom. The Bertz CT molecular complexity index is 950. The molecule has 2 amide bonds. The number of nitrogens with zero attached hydrogens (tertiary/aromatic N) is 1. The highest BCUT2D eigenvalue weighted by atomic mass is 35.5. The molecule has 0 atom stereocenters. The van der Waals surface area contributed by atoms with Crippen LogP contribution < -0.4 is 15.4 Å². The Morgan fingerprint density at radius 2 is 1.75 bits per heavy atom. The lowest BCUT2D eigenvalue weighted by molar-refractivity contribution is -0.384. The van der Waals surface area contributed by atoms with Gasteiger partial charge in [0, 0.05) is 11.8 Å². The van der Waals surface area contributed by atoms with Gasteiger partial charge in [-0.2, -0.15) is 13.2 Å². The summed E-state index contributed by atoms with van der Waals surface area (Å²) in [6.07, 6.45) is -4.74. The molecule has 2 aromatic rings. The molecule has 8 nitrogen and oxygen atoms in total. The molecule has 2 rings (SSSR count). The fourth-order valence-corrected chi connectivity index (χ4v) is 2.31. The van der Waals surface area contributed by atoms with Crippen molar-refractivity contribution in [3.63, 3.8) is 0 Å². The summed E-state index contributed by atoms with van der Waals surface area (Å²) in [6, 6.07) is 5.85. The van der Waals surface area contributed by atoms with Crippen LogP contribution in [0.1, 0.15) is 5.56 Å². The first-order chi connectivity index (χ1) is 13.0. The van der Waals surface area contributed by atoms with Gasteiger partial charge in [0.05, 0.1) is 34.4 Å². The Hall–Kier alpha value is -3.34. The lowest BCUT2D eigenvalue weighted by Crippen LogP contribution is -2.29. The second kappa shape index (κ2) is 8.13. The van der Waals surface area contributed by atoms with Crippen molar-refractivity contribution in [1.29, 1.82) is 0 Å². The molecular formula is C16H11ClF3N3O5. The highest BCUT2D eigenvalue weighted by molar-refractivity contribution is 6.43. The zero-order valence-corrected chi connectivity index (χ0v) is 14.7. The first-order valence-corrected chi connectivity index (χ1v) is 7.72. The number of benzene rings is 2. The summed E-state index contributed by atoms with van der Waals surface area (Å²) in [5.74, 6) is -2.58. The largest absolute Gasteiger partial charge is 0.494 e. The minimum absolute atomic E-state index is 0.0414. The molecule has 0 bridgehead atoms. The number of anilines is 2. The van der Waals surface area contributed by atoms with E-state index < -0.39 is 33.5 Å². The first kappa shape index (κ1) is 21.0. The van der Waals surface area contributed by atoms with Crippen LogP contribution >= 0.6 is 11.6 Å². The van der Waals surface area contributed by atoms with Gasteiger partial charge in [-0.3, -0.25) is 19.7 Å². The summed E-state index contributed by atoms with van der Waals surface area (Å²) in [5.41, 5.74) is -1.82. The maximum absolute atomic E-state index is 12.8. The molecular weight excluding hydrogens is 407 g/mol. The van der Waals surface area contributed by atoms with Crippen molar-refractivity contribution >= 4 is 40.5 Å². The van der Waals surface area contributed by atoms with Gasteiger partial charge in [0.15, 0.2) is 0 Å². The van der Waals surface area contributed by atoms with Crippen LogP contribution in [0.5, 0.6) is 5.75 Å². The molecule has 12 heteroatoms. The molecule has 28 heavy (non-hydrogen) atoms. The van der Waals surface area contributed by atoms with Crippen LogP contribution in [0.3, 0.4) is 0 Å². The topological polar surface area (TPSA) is 111 Å². The van der Waals surface area contributed by atoms with E-state index in [1.165, 1.54) is 7.11 Å². The number of ether oxygens (including phenoxy) is 1. The standard InChI is InChI=1S/C16H11ClF3N3O5/c1-28-13-7-9(23(26)27)3-5-12(13)22-15(25)14(24)21-8-2-4-11(17)10(6-8)16(18,19)20/h2-7H,1H3,(H,21,24)(H,22,25). The second-order valence-electron chi connectivity index (χ2n) is 5.24. The van der Waals surface area contributed by atoms with Gasteiger partial charge >= 0.3 is 18.0 Å². The van der Waals surface area contributed by atoms with Crippen molar-refractivity contribution in [3.8, 4) is 5.75 Å². The molecule has 148 valence electrons. The van der Waals surface area contributed by atoms with Gasteiger partial charge in [0.25, 0.3) is 5.69 Å². The van der Waals surface area contributed by atoms with Crippen molar-refractivity contribution in [2.24, 2.45) is 0 Å². The van der Waals surface area contributed by atoms with Crippen LogP contribution in [0, 0.1) is 10.1 Å². The Kier molecular flexibility index (Phi) is 6.09. The van der Waals surface area contributed by atoms with Gasteiger partial charge in [0.1, 0.15) is 5.75 Å². The molecule has 0 unspecified atom stereocenters. The fourth-order valence-electron chi connectivity index (χ4n) is 2.08. The number of nitrogens with one attached hydrogen (secondary N) is 2. The molecule has 0 heterocycles. The number of carbonyl (C=O) groups excluding carboxylic acids is 2. The molecule has 0 saturated heterocycles. The zero-order valence-electron chi connectivity index (χ0n) is 14.0. The number of alkyl halides is 3. The molecule has 0 saturated carbocycles. The van der Waals surface area contributed by atoms with Crippen LogP contribution in [0.15, 0.2) is 36.4 Å². The van der Waals surface area contributed by atoms with Crippen molar-refractivity contribution < 1.29 is 32.4 Å². The Morgan fingerprint density at radius 3 is 2.32 bits per heavy atom. The molecule has 0 radical (unpaired) electrons. The number of hydrogen-bond donors (Lipinski definition) is 2. The van der Waals surface area contributed by atoms with E-state index >= 15 is 0 Å². The van der Waals surface area contributed by atoms with Crippen molar-refractivity contribution in [2.45, 2.75) is 6.18 Å². The number of amides is 2.